The van der Waals surface area contributed by atoms with Gasteiger partial charge in [0.05, 0.1) is 5.92 Å². The third-order valence-electron chi connectivity index (χ3n) is 3.25. The summed E-state index contributed by atoms with van der Waals surface area (Å²) in [4.78, 5) is 12.0. The van der Waals surface area contributed by atoms with Crippen LogP contribution in [0.1, 0.15) is 11.5 Å². The van der Waals surface area contributed by atoms with Crippen LogP contribution in [0.2, 0.25) is 0 Å². The second-order valence-corrected chi connectivity index (χ2v) is 5.44. The molecule has 0 fully saturated rings. The highest BCUT2D eigenvalue weighted by atomic mass is 79.9. The molecule has 0 saturated carbocycles. The molecule has 1 amide bonds. The molecule has 3 rings (SSSR count). The second kappa shape index (κ2) is 5.05. The van der Waals surface area contributed by atoms with E-state index in [9.17, 15) is 4.79 Å². The molecule has 0 saturated heterocycles. The SMILES string of the molecule is O=C1Nc2ccccc2C1CNc1cccc(Br)c1. The van der Waals surface area contributed by atoms with E-state index in [1.807, 2.05) is 48.5 Å². The van der Waals surface area contributed by atoms with E-state index < -0.39 is 0 Å². The minimum atomic E-state index is -0.129. The molecule has 2 aromatic rings. The first-order chi connectivity index (χ1) is 9.24. The van der Waals surface area contributed by atoms with Crippen LogP contribution < -0.4 is 10.6 Å². The molecule has 1 aliphatic heterocycles. The predicted octanol–water partition coefficient (Wildman–Crippen LogP) is 3.60. The normalized spacial score (nSPS) is 16.9. The first kappa shape index (κ1) is 12.2. The van der Waals surface area contributed by atoms with Crippen LogP contribution in [-0.4, -0.2) is 12.5 Å². The molecule has 96 valence electrons. The molecule has 1 aliphatic rings. The minimum absolute atomic E-state index is 0.0590. The number of anilines is 2. The number of hydrogen-bond acceptors (Lipinski definition) is 2. The predicted molar refractivity (Wildman–Crippen MR) is 80.4 cm³/mol. The van der Waals surface area contributed by atoms with Crippen LogP contribution in [-0.2, 0) is 4.79 Å². The molecule has 0 radical (unpaired) electrons. The van der Waals surface area contributed by atoms with Crippen molar-refractivity contribution >= 4 is 33.2 Å². The molecule has 0 aromatic heterocycles. The quantitative estimate of drug-likeness (QED) is 0.908. The molecular formula is C15H13BrN2O. The molecule has 2 aromatic carbocycles. The van der Waals surface area contributed by atoms with E-state index >= 15 is 0 Å². The summed E-state index contributed by atoms with van der Waals surface area (Å²) in [6, 6.07) is 15.8. The maximum atomic E-state index is 12.0. The van der Waals surface area contributed by atoms with Gasteiger partial charge in [-0.3, -0.25) is 4.79 Å². The average molecular weight is 317 g/mol. The van der Waals surface area contributed by atoms with Gasteiger partial charge in [0.1, 0.15) is 0 Å². The van der Waals surface area contributed by atoms with Gasteiger partial charge in [-0.1, -0.05) is 40.2 Å². The molecule has 0 aliphatic carbocycles. The largest absolute Gasteiger partial charge is 0.384 e. The van der Waals surface area contributed by atoms with Crippen LogP contribution >= 0.6 is 15.9 Å². The lowest BCUT2D eigenvalue weighted by Crippen LogP contribution is -2.20. The van der Waals surface area contributed by atoms with Gasteiger partial charge < -0.3 is 10.6 Å². The summed E-state index contributed by atoms with van der Waals surface area (Å²) in [5, 5.41) is 6.21. The fraction of sp³-hybridized carbons (Fsp3) is 0.133. The third-order valence-corrected chi connectivity index (χ3v) is 3.74. The Morgan fingerprint density at radius 1 is 1.16 bits per heavy atom. The van der Waals surface area contributed by atoms with Crippen molar-refractivity contribution < 1.29 is 4.79 Å². The molecule has 2 N–H and O–H groups in total. The zero-order valence-corrected chi connectivity index (χ0v) is 11.8. The summed E-state index contributed by atoms with van der Waals surface area (Å²) in [6.45, 7) is 0.597. The monoisotopic (exact) mass is 316 g/mol. The van der Waals surface area contributed by atoms with E-state index in [2.05, 4.69) is 26.6 Å². The summed E-state index contributed by atoms with van der Waals surface area (Å²) < 4.78 is 1.02. The van der Waals surface area contributed by atoms with Gasteiger partial charge in [-0.15, -0.1) is 0 Å². The molecule has 0 bridgehead atoms. The van der Waals surface area contributed by atoms with Crippen LogP contribution in [0.25, 0.3) is 0 Å². The molecular weight excluding hydrogens is 304 g/mol. The Bertz CT molecular complexity index is 627. The first-order valence-corrected chi connectivity index (χ1v) is 6.92. The first-order valence-electron chi connectivity index (χ1n) is 6.13. The zero-order valence-electron chi connectivity index (χ0n) is 10.2. The lowest BCUT2D eigenvalue weighted by molar-refractivity contribution is -0.116. The number of para-hydroxylation sites is 1. The fourth-order valence-electron chi connectivity index (χ4n) is 2.30. The number of halogens is 1. The van der Waals surface area contributed by atoms with Gasteiger partial charge in [-0.2, -0.15) is 0 Å². The Labute approximate surface area is 120 Å². The van der Waals surface area contributed by atoms with E-state index in [-0.39, 0.29) is 11.8 Å². The Morgan fingerprint density at radius 3 is 2.84 bits per heavy atom. The van der Waals surface area contributed by atoms with Crippen LogP contribution in [0, 0.1) is 0 Å². The number of benzene rings is 2. The van der Waals surface area contributed by atoms with Crippen molar-refractivity contribution in [3.8, 4) is 0 Å². The number of nitrogens with one attached hydrogen (secondary N) is 2. The van der Waals surface area contributed by atoms with Crippen LogP contribution in [0.4, 0.5) is 11.4 Å². The van der Waals surface area contributed by atoms with E-state index in [0.29, 0.717) is 6.54 Å². The molecule has 1 unspecified atom stereocenters. The van der Waals surface area contributed by atoms with Crippen LogP contribution in [0.5, 0.6) is 0 Å². The molecule has 0 spiro atoms. The number of fused-ring (bicyclic) bond motifs is 1. The van der Waals surface area contributed by atoms with Crippen molar-refractivity contribution in [1.82, 2.24) is 0 Å². The smallest absolute Gasteiger partial charge is 0.233 e. The minimum Gasteiger partial charge on any atom is -0.384 e. The van der Waals surface area contributed by atoms with Crippen molar-refractivity contribution in [3.63, 3.8) is 0 Å². The summed E-state index contributed by atoms with van der Waals surface area (Å²) in [6.07, 6.45) is 0. The van der Waals surface area contributed by atoms with Gasteiger partial charge in [0.2, 0.25) is 5.91 Å². The van der Waals surface area contributed by atoms with Crippen molar-refractivity contribution in [1.29, 1.82) is 0 Å². The fourth-order valence-corrected chi connectivity index (χ4v) is 2.70. The molecule has 1 heterocycles. The van der Waals surface area contributed by atoms with Crippen LogP contribution in [0.3, 0.4) is 0 Å². The van der Waals surface area contributed by atoms with E-state index in [4.69, 9.17) is 0 Å². The average Bonchev–Trinajstić information content (AvgIpc) is 2.72. The van der Waals surface area contributed by atoms with E-state index in [1.54, 1.807) is 0 Å². The maximum Gasteiger partial charge on any atom is 0.233 e. The van der Waals surface area contributed by atoms with Crippen molar-refractivity contribution in [2.24, 2.45) is 0 Å². The Kier molecular flexibility index (Phi) is 3.25. The number of amides is 1. The highest BCUT2D eigenvalue weighted by Gasteiger charge is 2.29. The Morgan fingerprint density at radius 2 is 2.00 bits per heavy atom. The van der Waals surface area contributed by atoms with E-state index in [1.165, 1.54) is 0 Å². The van der Waals surface area contributed by atoms with Gasteiger partial charge in [0, 0.05) is 22.4 Å². The van der Waals surface area contributed by atoms with Crippen molar-refractivity contribution in [2.75, 3.05) is 17.2 Å². The Hall–Kier alpha value is -1.81. The lowest BCUT2D eigenvalue weighted by Gasteiger charge is -2.11. The van der Waals surface area contributed by atoms with Gasteiger partial charge >= 0.3 is 0 Å². The van der Waals surface area contributed by atoms with Gasteiger partial charge in [0.25, 0.3) is 0 Å². The highest BCUT2D eigenvalue weighted by molar-refractivity contribution is 9.10. The molecule has 19 heavy (non-hydrogen) atoms. The van der Waals surface area contributed by atoms with Gasteiger partial charge in [0.15, 0.2) is 0 Å². The number of hydrogen-bond donors (Lipinski definition) is 2. The van der Waals surface area contributed by atoms with Crippen LogP contribution in [0.15, 0.2) is 53.0 Å². The third kappa shape index (κ3) is 2.49. The highest BCUT2D eigenvalue weighted by Crippen LogP contribution is 2.32. The molecule has 3 nitrogen and oxygen atoms in total. The number of carbonyl (C=O) groups excluding carboxylic acids is 1. The van der Waals surface area contributed by atoms with Gasteiger partial charge in [-0.05, 0) is 29.8 Å². The summed E-state index contributed by atoms with van der Waals surface area (Å²) in [5.74, 6) is -0.0705. The number of carbonyl (C=O) groups is 1. The van der Waals surface area contributed by atoms with Gasteiger partial charge in [-0.25, -0.2) is 0 Å². The second-order valence-electron chi connectivity index (χ2n) is 4.52. The Balaban J connectivity index is 1.75. The maximum absolute atomic E-state index is 12.0. The summed E-state index contributed by atoms with van der Waals surface area (Å²) in [5.41, 5.74) is 3.00. The topological polar surface area (TPSA) is 41.1 Å². The number of rotatable bonds is 3. The summed E-state index contributed by atoms with van der Waals surface area (Å²) >= 11 is 3.43. The standard InChI is InChI=1S/C15H13BrN2O/c16-10-4-3-5-11(8-10)17-9-13-12-6-1-2-7-14(12)18-15(13)19/h1-8,13,17H,9H2,(H,18,19). The zero-order chi connectivity index (χ0) is 13.2. The molecule has 4 heteroatoms. The lowest BCUT2D eigenvalue weighted by atomic mass is 10.0. The van der Waals surface area contributed by atoms with Crippen molar-refractivity contribution in [2.45, 2.75) is 5.92 Å². The summed E-state index contributed by atoms with van der Waals surface area (Å²) in [7, 11) is 0. The molecule has 1 atom stereocenters. The van der Waals surface area contributed by atoms with Crippen molar-refractivity contribution in [3.05, 3.63) is 58.6 Å². The van der Waals surface area contributed by atoms with E-state index in [0.717, 1.165) is 21.4 Å².